The fourth-order valence-electron chi connectivity index (χ4n) is 3.19. The minimum atomic E-state index is -0.0419. The Bertz CT molecular complexity index is 891. The van der Waals surface area contributed by atoms with Gasteiger partial charge in [0.15, 0.2) is 0 Å². The van der Waals surface area contributed by atoms with Gasteiger partial charge in [-0.3, -0.25) is 4.99 Å². The number of hydrogen-bond donors (Lipinski definition) is 1. The molecule has 1 unspecified atom stereocenters. The van der Waals surface area contributed by atoms with Gasteiger partial charge in [0, 0.05) is 29.8 Å². The van der Waals surface area contributed by atoms with Gasteiger partial charge >= 0.3 is 0 Å². The molecule has 1 aliphatic rings. The van der Waals surface area contributed by atoms with Crippen LogP contribution in [0.1, 0.15) is 25.0 Å². The van der Waals surface area contributed by atoms with E-state index in [4.69, 9.17) is 14.5 Å². The molecular formula is C22H28N2O3. The maximum Gasteiger partial charge on any atom is 0.128 e. The first-order valence-corrected chi connectivity index (χ1v) is 9.33. The molecular weight excluding hydrogens is 340 g/mol. The normalized spacial score (nSPS) is 16.0. The van der Waals surface area contributed by atoms with Crippen molar-refractivity contribution in [2.24, 2.45) is 10.9 Å². The monoisotopic (exact) mass is 368 g/mol. The van der Waals surface area contributed by atoms with Gasteiger partial charge in [0.1, 0.15) is 11.9 Å². The molecule has 0 amide bonds. The zero-order valence-corrected chi connectivity index (χ0v) is 16.5. The van der Waals surface area contributed by atoms with E-state index in [2.05, 4.69) is 56.1 Å². The molecule has 27 heavy (non-hydrogen) atoms. The first-order valence-electron chi connectivity index (χ1n) is 9.33. The molecule has 5 nitrogen and oxygen atoms in total. The summed E-state index contributed by atoms with van der Waals surface area (Å²) in [6.45, 7) is 7.71. The summed E-state index contributed by atoms with van der Waals surface area (Å²) in [4.78, 5) is 7.22. The number of phenolic OH excluding ortho intramolecular Hbond substituents is 1. The van der Waals surface area contributed by atoms with Gasteiger partial charge in [-0.25, -0.2) is 0 Å². The average Bonchev–Trinajstić information content (AvgIpc) is 2.66. The van der Waals surface area contributed by atoms with Crippen LogP contribution in [0.25, 0.3) is 6.20 Å². The van der Waals surface area contributed by atoms with E-state index in [9.17, 15) is 5.11 Å². The predicted octanol–water partition coefficient (Wildman–Crippen LogP) is 2.72. The lowest BCUT2D eigenvalue weighted by molar-refractivity contribution is 0.0603. The van der Waals surface area contributed by atoms with Crippen molar-refractivity contribution in [3.05, 3.63) is 58.1 Å². The molecule has 2 aromatic rings. The van der Waals surface area contributed by atoms with Gasteiger partial charge in [-0.05, 0) is 37.1 Å². The molecule has 144 valence electrons. The van der Waals surface area contributed by atoms with Crippen LogP contribution in [0.5, 0.6) is 5.75 Å². The molecule has 0 saturated carbocycles. The molecule has 0 bridgehead atoms. The van der Waals surface area contributed by atoms with E-state index >= 15 is 0 Å². The molecule has 1 aliphatic heterocycles. The Morgan fingerprint density at radius 1 is 1.11 bits per heavy atom. The number of rotatable bonds is 7. The number of anilines is 1. The highest BCUT2D eigenvalue weighted by molar-refractivity contribution is 5.61. The zero-order valence-electron chi connectivity index (χ0n) is 16.5. The zero-order chi connectivity index (χ0) is 19.4. The standard InChI is InChI=1S/C22H28N2O3/c1-15(2)22-23-21-17(13-24(22)18-8-5-16(3)6-9-18)7-10-20(25)19(21)14-27-12-11-26-4/h5-10,13,15,22,25H,11-12,14H2,1-4H3. The van der Waals surface area contributed by atoms with Crippen molar-refractivity contribution in [1.82, 2.24) is 0 Å². The van der Waals surface area contributed by atoms with Gasteiger partial charge in [-0.1, -0.05) is 31.5 Å². The molecule has 1 atom stereocenters. The van der Waals surface area contributed by atoms with E-state index in [1.165, 1.54) is 5.56 Å². The molecule has 0 saturated heterocycles. The highest BCUT2D eigenvalue weighted by atomic mass is 16.5. The predicted molar refractivity (Wildman–Crippen MR) is 107 cm³/mol. The Kier molecular flexibility index (Phi) is 6.14. The van der Waals surface area contributed by atoms with Crippen LogP contribution in [0.3, 0.4) is 0 Å². The molecule has 3 rings (SSSR count). The fraction of sp³-hybridized carbons (Fsp3) is 0.409. The number of nitrogens with zero attached hydrogens (tertiary/aromatic N) is 2. The maximum absolute atomic E-state index is 10.4. The second-order valence-corrected chi connectivity index (χ2v) is 7.21. The smallest absolute Gasteiger partial charge is 0.128 e. The average molecular weight is 368 g/mol. The number of hydrogen-bond acceptors (Lipinski definition) is 5. The summed E-state index contributed by atoms with van der Waals surface area (Å²) in [7, 11) is 1.64. The van der Waals surface area contributed by atoms with Gasteiger partial charge in [0.25, 0.3) is 0 Å². The van der Waals surface area contributed by atoms with E-state index in [1.807, 2.05) is 6.07 Å². The van der Waals surface area contributed by atoms with Crippen LogP contribution in [-0.2, 0) is 16.1 Å². The van der Waals surface area contributed by atoms with E-state index in [0.717, 1.165) is 21.8 Å². The summed E-state index contributed by atoms with van der Waals surface area (Å²) < 4.78 is 10.7. The molecule has 1 N–H and O–H groups in total. The fourth-order valence-corrected chi connectivity index (χ4v) is 3.19. The number of benzene rings is 2. The van der Waals surface area contributed by atoms with E-state index in [0.29, 0.717) is 25.7 Å². The first kappa shape index (κ1) is 19.4. The third-order valence-electron chi connectivity index (χ3n) is 4.72. The Labute approximate surface area is 160 Å². The van der Waals surface area contributed by atoms with Crippen molar-refractivity contribution in [2.75, 3.05) is 25.2 Å². The van der Waals surface area contributed by atoms with Crippen LogP contribution in [0, 0.1) is 12.8 Å². The highest BCUT2D eigenvalue weighted by Gasteiger charge is 2.23. The minimum absolute atomic E-state index is 0.0419. The van der Waals surface area contributed by atoms with Crippen molar-refractivity contribution in [3.63, 3.8) is 0 Å². The molecule has 5 heteroatoms. The van der Waals surface area contributed by atoms with Crippen LogP contribution in [0.4, 0.5) is 5.69 Å². The van der Waals surface area contributed by atoms with E-state index in [-0.39, 0.29) is 11.9 Å². The van der Waals surface area contributed by atoms with E-state index in [1.54, 1.807) is 13.2 Å². The summed E-state index contributed by atoms with van der Waals surface area (Å²) in [5.41, 5.74) is 3.07. The highest BCUT2D eigenvalue weighted by Crippen LogP contribution is 2.24. The Hall–Kier alpha value is -2.37. The molecule has 0 radical (unpaired) electrons. The van der Waals surface area contributed by atoms with Crippen molar-refractivity contribution in [1.29, 1.82) is 0 Å². The second-order valence-electron chi connectivity index (χ2n) is 7.21. The first-order chi connectivity index (χ1) is 13.0. The van der Waals surface area contributed by atoms with Crippen LogP contribution < -0.4 is 15.5 Å². The summed E-state index contributed by atoms with van der Waals surface area (Å²) >= 11 is 0. The number of fused-ring (bicyclic) bond motifs is 1. The number of methoxy groups -OCH3 is 1. The lowest BCUT2D eigenvalue weighted by Crippen LogP contribution is -2.45. The quantitative estimate of drug-likeness (QED) is 0.764. The Morgan fingerprint density at radius 2 is 1.85 bits per heavy atom. The molecule has 0 spiro atoms. The van der Waals surface area contributed by atoms with Crippen LogP contribution in [0.2, 0.25) is 0 Å². The summed E-state index contributed by atoms with van der Waals surface area (Å²) in [6.07, 6.45) is 2.08. The second kappa shape index (κ2) is 8.55. The third kappa shape index (κ3) is 4.31. The van der Waals surface area contributed by atoms with Crippen molar-refractivity contribution in [3.8, 4) is 5.75 Å². The minimum Gasteiger partial charge on any atom is -0.508 e. The van der Waals surface area contributed by atoms with Crippen molar-refractivity contribution in [2.45, 2.75) is 33.5 Å². The van der Waals surface area contributed by atoms with Gasteiger partial charge < -0.3 is 19.5 Å². The largest absolute Gasteiger partial charge is 0.508 e. The van der Waals surface area contributed by atoms with Crippen LogP contribution >= 0.6 is 0 Å². The lowest BCUT2D eigenvalue weighted by Gasteiger charge is -2.33. The lowest BCUT2D eigenvalue weighted by atomic mass is 10.1. The maximum atomic E-state index is 10.4. The summed E-state index contributed by atoms with van der Waals surface area (Å²) in [5, 5.41) is 12.2. The third-order valence-corrected chi connectivity index (χ3v) is 4.72. The van der Waals surface area contributed by atoms with Gasteiger partial charge in [-0.2, -0.15) is 0 Å². The van der Waals surface area contributed by atoms with Crippen LogP contribution in [-0.4, -0.2) is 31.6 Å². The summed E-state index contributed by atoms with van der Waals surface area (Å²) in [6, 6.07) is 12.1. The van der Waals surface area contributed by atoms with Crippen molar-refractivity contribution >= 4 is 11.9 Å². The van der Waals surface area contributed by atoms with E-state index < -0.39 is 0 Å². The molecule has 0 fully saturated rings. The molecule has 0 aliphatic carbocycles. The van der Waals surface area contributed by atoms with Gasteiger partial charge in [0.2, 0.25) is 0 Å². The van der Waals surface area contributed by atoms with Crippen molar-refractivity contribution < 1.29 is 14.6 Å². The number of ether oxygens (including phenoxy) is 2. The number of aryl methyl sites for hydroxylation is 1. The van der Waals surface area contributed by atoms with Gasteiger partial charge in [0.05, 0.1) is 25.2 Å². The number of phenols is 1. The Balaban J connectivity index is 2.03. The summed E-state index contributed by atoms with van der Waals surface area (Å²) in [5.74, 6) is 0.523. The molecule has 2 aromatic carbocycles. The SMILES string of the molecule is COCCOCc1c(O)ccc2c1=NC(C(C)C)N(c1ccc(C)cc1)C=2. The number of aromatic hydroxyl groups is 1. The molecule has 1 heterocycles. The topological polar surface area (TPSA) is 54.3 Å². The van der Waals surface area contributed by atoms with Crippen LogP contribution in [0.15, 0.2) is 41.4 Å². The molecule has 0 aromatic heterocycles. The Morgan fingerprint density at radius 3 is 2.52 bits per heavy atom. The van der Waals surface area contributed by atoms with Gasteiger partial charge in [-0.15, -0.1) is 0 Å².